The molecule has 148 valence electrons. The highest BCUT2D eigenvalue weighted by atomic mass is 19.1. The van der Waals surface area contributed by atoms with Crippen molar-refractivity contribution in [2.75, 3.05) is 0 Å². The second kappa shape index (κ2) is 10.1. The summed E-state index contributed by atoms with van der Waals surface area (Å²) in [7, 11) is 0. The van der Waals surface area contributed by atoms with Gasteiger partial charge in [-0.2, -0.15) is 0 Å². The Morgan fingerprint density at radius 1 is 0.963 bits per heavy atom. The van der Waals surface area contributed by atoms with Crippen molar-refractivity contribution in [2.24, 2.45) is 23.7 Å². The van der Waals surface area contributed by atoms with Crippen LogP contribution in [0, 0.1) is 29.5 Å². The lowest BCUT2D eigenvalue weighted by molar-refractivity contribution is -0.140. The summed E-state index contributed by atoms with van der Waals surface area (Å²) in [5.74, 6) is 2.25. The Balaban J connectivity index is 1.38. The van der Waals surface area contributed by atoms with Crippen molar-refractivity contribution in [3.8, 4) is 5.75 Å². The van der Waals surface area contributed by atoms with E-state index in [0.29, 0.717) is 11.7 Å². The zero-order valence-electron chi connectivity index (χ0n) is 16.5. The van der Waals surface area contributed by atoms with E-state index in [1.807, 2.05) is 0 Å². The molecule has 2 saturated carbocycles. The molecule has 0 N–H and O–H groups in total. The van der Waals surface area contributed by atoms with E-state index >= 15 is 0 Å². The summed E-state index contributed by atoms with van der Waals surface area (Å²) in [5.41, 5.74) is 0. The van der Waals surface area contributed by atoms with Gasteiger partial charge in [-0.25, -0.2) is 4.39 Å². The smallest absolute Gasteiger partial charge is 0.314 e. The van der Waals surface area contributed by atoms with Gasteiger partial charge < -0.3 is 4.74 Å². The first-order valence-electron chi connectivity index (χ1n) is 10.8. The Labute approximate surface area is 163 Å². The Morgan fingerprint density at radius 3 is 2.07 bits per heavy atom. The number of allylic oxidation sites excluding steroid dienone is 2. The minimum atomic E-state index is -0.319. The molecule has 0 aliphatic heterocycles. The highest BCUT2D eigenvalue weighted by molar-refractivity contribution is 5.75. The van der Waals surface area contributed by atoms with Crippen LogP contribution in [0.1, 0.15) is 71.1 Å². The van der Waals surface area contributed by atoms with Crippen molar-refractivity contribution >= 4 is 5.97 Å². The lowest BCUT2D eigenvalue weighted by atomic mass is 9.78. The Morgan fingerprint density at radius 2 is 1.52 bits per heavy atom. The molecule has 1 aromatic carbocycles. The summed E-state index contributed by atoms with van der Waals surface area (Å²) in [6, 6.07) is 5.66. The van der Waals surface area contributed by atoms with Crippen molar-refractivity contribution in [3.05, 3.63) is 42.2 Å². The van der Waals surface area contributed by atoms with Gasteiger partial charge in [0.05, 0.1) is 5.92 Å². The highest BCUT2D eigenvalue weighted by Gasteiger charge is 2.27. The minimum Gasteiger partial charge on any atom is -0.426 e. The zero-order valence-corrected chi connectivity index (χ0v) is 16.5. The zero-order chi connectivity index (χ0) is 19.1. The van der Waals surface area contributed by atoms with Gasteiger partial charge in [0.1, 0.15) is 11.6 Å². The topological polar surface area (TPSA) is 26.3 Å². The van der Waals surface area contributed by atoms with Crippen LogP contribution in [0.5, 0.6) is 5.75 Å². The summed E-state index contributed by atoms with van der Waals surface area (Å²) in [6.45, 7) is 2.29. The number of carbonyl (C=O) groups is 1. The van der Waals surface area contributed by atoms with Gasteiger partial charge in [-0.3, -0.25) is 4.79 Å². The van der Waals surface area contributed by atoms with E-state index in [9.17, 15) is 9.18 Å². The van der Waals surface area contributed by atoms with E-state index in [-0.39, 0.29) is 17.7 Å². The van der Waals surface area contributed by atoms with Crippen molar-refractivity contribution < 1.29 is 13.9 Å². The van der Waals surface area contributed by atoms with Gasteiger partial charge in [0.25, 0.3) is 0 Å². The number of hydrogen-bond donors (Lipinski definition) is 0. The number of benzene rings is 1. The fraction of sp³-hybridized carbons (Fsp3) is 0.625. The van der Waals surface area contributed by atoms with Crippen molar-refractivity contribution in [2.45, 2.75) is 71.1 Å². The molecular formula is C24H33FO2. The van der Waals surface area contributed by atoms with Crippen molar-refractivity contribution in [1.82, 2.24) is 0 Å². The number of hydrogen-bond acceptors (Lipinski definition) is 2. The third-order valence-electron chi connectivity index (χ3n) is 6.38. The van der Waals surface area contributed by atoms with Crippen LogP contribution in [0.3, 0.4) is 0 Å². The average Bonchev–Trinajstić information content (AvgIpc) is 2.70. The standard InChI is InChI=1S/C24H33FO2/c1-2-3-18-4-6-19(7-5-18)8-9-20-10-12-21(13-11-20)24(26)27-23-16-14-22(25)15-17-23/h8-9,14-21H,2-7,10-13H2,1H3/b9-8+. The molecule has 0 atom stereocenters. The molecule has 0 heterocycles. The fourth-order valence-electron chi connectivity index (χ4n) is 4.64. The molecule has 0 spiro atoms. The van der Waals surface area contributed by atoms with Gasteiger partial charge in [0.15, 0.2) is 0 Å². The number of carbonyl (C=O) groups excluding carboxylic acids is 1. The first-order valence-corrected chi connectivity index (χ1v) is 10.8. The monoisotopic (exact) mass is 372 g/mol. The van der Waals surface area contributed by atoms with E-state index in [4.69, 9.17) is 4.74 Å². The lowest BCUT2D eigenvalue weighted by Gasteiger charge is -2.28. The molecule has 2 fully saturated rings. The predicted molar refractivity (Wildman–Crippen MR) is 107 cm³/mol. The molecule has 0 aromatic heterocycles. The first-order chi connectivity index (χ1) is 13.1. The molecule has 2 nitrogen and oxygen atoms in total. The Hall–Kier alpha value is -1.64. The van der Waals surface area contributed by atoms with Gasteiger partial charge in [-0.1, -0.05) is 31.9 Å². The first kappa shape index (κ1) is 20.1. The molecule has 0 radical (unpaired) electrons. The van der Waals surface area contributed by atoms with Crippen LogP contribution in [0.15, 0.2) is 36.4 Å². The van der Waals surface area contributed by atoms with Crippen LogP contribution in [0.25, 0.3) is 0 Å². The minimum absolute atomic E-state index is 0.0239. The van der Waals surface area contributed by atoms with Crippen LogP contribution >= 0.6 is 0 Å². The molecule has 3 rings (SSSR count). The van der Waals surface area contributed by atoms with Gasteiger partial charge in [0, 0.05) is 0 Å². The Kier molecular flexibility index (Phi) is 7.49. The third kappa shape index (κ3) is 6.19. The van der Waals surface area contributed by atoms with E-state index in [0.717, 1.165) is 37.5 Å². The fourth-order valence-corrected chi connectivity index (χ4v) is 4.64. The third-order valence-corrected chi connectivity index (χ3v) is 6.38. The molecule has 27 heavy (non-hydrogen) atoms. The molecule has 0 saturated heterocycles. The number of rotatable bonds is 6. The summed E-state index contributed by atoms with van der Waals surface area (Å²) < 4.78 is 18.3. The van der Waals surface area contributed by atoms with E-state index in [1.165, 1.54) is 62.8 Å². The highest BCUT2D eigenvalue weighted by Crippen LogP contribution is 2.34. The quantitative estimate of drug-likeness (QED) is 0.315. The molecule has 3 heteroatoms. The van der Waals surface area contributed by atoms with Gasteiger partial charge in [0.2, 0.25) is 0 Å². The van der Waals surface area contributed by atoms with Crippen LogP contribution in [-0.2, 0) is 4.79 Å². The summed E-state index contributed by atoms with van der Waals surface area (Å²) in [4.78, 5) is 12.3. The summed E-state index contributed by atoms with van der Waals surface area (Å²) in [5, 5.41) is 0. The molecule has 2 aliphatic rings. The van der Waals surface area contributed by atoms with Crippen LogP contribution in [-0.4, -0.2) is 5.97 Å². The van der Waals surface area contributed by atoms with Crippen LogP contribution in [0.2, 0.25) is 0 Å². The maximum Gasteiger partial charge on any atom is 0.314 e. The van der Waals surface area contributed by atoms with E-state index in [2.05, 4.69) is 19.1 Å². The normalized spacial score (nSPS) is 29.0. The Bertz CT molecular complexity index is 606. The molecule has 0 amide bonds. The molecular weight excluding hydrogens is 339 g/mol. The number of ether oxygens (including phenoxy) is 1. The summed E-state index contributed by atoms with van der Waals surface area (Å²) >= 11 is 0. The van der Waals surface area contributed by atoms with E-state index < -0.39 is 0 Å². The van der Waals surface area contributed by atoms with E-state index in [1.54, 1.807) is 0 Å². The largest absolute Gasteiger partial charge is 0.426 e. The second-order valence-electron chi connectivity index (χ2n) is 8.44. The van der Waals surface area contributed by atoms with Gasteiger partial charge >= 0.3 is 5.97 Å². The number of halogens is 1. The molecule has 2 aliphatic carbocycles. The maximum atomic E-state index is 12.9. The van der Waals surface area contributed by atoms with Gasteiger partial charge in [-0.15, -0.1) is 0 Å². The average molecular weight is 373 g/mol. The molecule has 1 aromatic rings. The van der Waals surface area contributed by atoms with Gasteiger partial charge in [-0.05, 0) is 93.4 Å². The van der Waals surface area contributed by atoms with Crippen LogP contribution in [0.4, 0.5) is 4.39 Å². The molecule has 0 bridgehead atoms. The maximum absolute atomic E-state index is 12.9. The molecule has 0 unspecified atom stereocenters. The number of esters is 1. The predicted octanol–water partition coefficient (Wildman–Crippen LogP) is 6.70. The lowest BCUT2D eigenvalue weighted by Crippen LogP contribution is -2.25. The SMILES string of the molecule is CCCC1CCC(/C=C/C2CCC(C(=O)Oc3ccc(F)cc3)CC2)CC1. The second-order valence-corrected chi connectivity index (χ2v) is 8.44. The van der Waals surface area contributed by atoms with Crippen LogP contribution < -0.4 is 4.74 Å². The van der Waals surface area contributed by atoms with Crippen molar-refractivity contribution in [1.29, 1.82) is 0 Å². The summed E-state index contributed by atoms with van der Waals surface area (Å²) in [6.07, 6.45) is 17.0. The van der Waals surface area contributed by atoms with Crippen molar-refractivity contribution in [3.63, 3.8) is 0 Å².